The van der Waals surface area contributed by atoms with E-state index < -0.39 is 0 Å². The monoisotopic (exact) mass is 223 g/mol. The Labute approximate surface area is 95.2 Å². The van der Waals surface area contributed by atoms with Gasteiger partial charge in [0.05, 0.1) is 19.0 Å². The first-order valence-corrected chi connectivity index (χ1v) is 5.70. The summed E-state index contributed by atoms with van der Waals surface area (Å²) in [4.78, 5) is 8.26. The molecule has 0 bridgehead atoms. The van der Waals surface area contributed by atoms with Crippen LogP contribution in [-0.2, 0) is 0 Å². The van der Waals surface area contributed by atoms with Gasteiger partial charge in [-0.25, -0.2) is 0 Å². The number of piperidine rings is 1. The average Bonchev–Trinajstić information content (AvgIpc) is 2.31. The lowest BCUT2D eigenvalue weighted by atomic mass is 10.1. The van der Waals surface area contributed by atoms with E-state index in [0.29, 0.717) is 18.4 Å². The molecule has 0 amide bonds. The standard InChI is InChI=1S/C11H17N3O2/c1-2-15-10-7-13-8-11(14-10)16-9-4-3-5-12-6-9/h7-9,12H,2-6H2,1H3/t9-/m0/s1. The number of aromatic nitrogens is 2. The number of hydrogen-bond donors (Lipinski definition) is 1. The molecule has 0 radical (unpaired) electrons. The predicted molar refractivity (Wildman–Crippen MR) is 59.7 cm³/mol. The Morgan fingerprint density at radius 2 is 2.31 bits per heavy atom. The van der Waals surface area contributed by atoms with Crippen LogP contribution >= 0.6 is 0 Å². The Hall–Kier alpha value is -1.36. The molecule has 5 nitrogen and oxygen atoms in total. The highest BCUT2D eigenvalue weighted by molar-refractivity contribution is 5.13. The summed E-state index contributed by atoms with van der Waals surface area (Å²) in [6.07, 6.45) is 5.61. The molecule has 88 valence electrons. The minimum Gasteiger partial charge on any atom is -0.477 e. The van der Waals surface area contributed by atoms with Crippen molar-refractivity contribution in [3.8, 4) is 11.8 Å². The Morgan fingerprint density at radius 3 is 3.06 bits per heavy atom. The molecule has 0 aromatic carbocycles. The summed E-state index contributed by atoms with van der Waals surface area (Å²) in [7, 11) is 0. The van der Waals surface area contributed by atoms with Gasteiger partial charge in [0.2, 0.25) is 11.8 Å². The summed E-state index contributed by atoms with van der Waals surface area (Å²) in [5, 5.41) is 3.29. The van der Waals surface area contributed by atoms with E-state index in [1.54, 1.807) is 12.4 Å². The van der Waals surface area contributed by atoms with Gasteiger partial charge in [-0.15, -0.1) is 0 Å². The van der Waals surface area contributed by atoms with Crippen LogP contribution in [-0.4, -0.2) is 35.8 Å². The van der Waals surface area contributed by atoms with Crippen LogP contribution in [0, 0.1) is 0 Å². The fraction of sp³-hybridized carbons (Fsp3) is 0.636. The Morgan fingerprint density at radius 1 is 1.44 bits per heavy atom. The number of nitrogens with one attached hydrogen (secondary N) is 1. The Balaban J connectivity index is 1.94. The molecule has 1 aromatic heterocycles. The van der Waals surface area contributed by atoms with E-state index in [1.165, 1.54) is 0 Å². The zero-order valence-electron chi connectivity index (χ0n) is 9.48. The largest absolute Gasteiger partial charge is 0.477 e. The SMILES string of the molecule is CCOc1cncc(O[C@H]2CCCNC2)n1. The molecule has 1 aliphatic heterocycles. The predicted octanol–water partition coefficient (Wildman–Crippen LogP) is 1.01. The van der Waals surface area contributed by atoms with E-state index in [4.69, 9.17) is 9.47 Å². The van der Waals surface area contributed by atoms with E-state index in [2.05, 4.69) is 15.3 Å². The molecule has 0 aliphatic carbocycles. The third-order valence-electron chi connectivity index (χ3n) is 2.42. The van der Waals surface area contributed by atoms with E-state index >= 15 is 0 Å². The molecule has 0 saturated carbocycles. The maximum Gasteiger partial charge on any atom is 0.235 e. The molecule has 1 aliphatic rings. The van der Waals surface area contributed by atoms with Crippen molar-refractivity contribution in [1.82, 2.24) is 15.3 Å². The molecule has 5 heteroatoms. The van der Waals surface area contributed by atoms with E-state index in [9.17, 15) is 0 Å². The number of nitrogens with zero attached hydrogens (tertiary/aromatic N) is 2. The number of ether oxygens (including phenoxy) is 2. The van der Waals surface area contributed by atoms with Gasteiger partial charge in [0.1, 0.15) is 6.10 Å². The molecule has 1 saturated heterocycles. The summed E-state index contributed by atoms with van der Waals surface area (Å²) < 4.78 is 11.0. The first-order valence-electron chi connectivity index (χ1n) is 5.70. The smallest absolute Gasteiger partial charge is 0.235 e. The van der Waals surface area contributed by atoms with Crippen molar-refractivity contribution in [1.29, 1.82) is 0 Å². The fourth-order valence-electron chi connectivity index (χ4n) is 1.70. The molecule has 0 spiro atoms. The number of rotatable bonds is 4. The number of hydrogen-bond acceptors (Lipinski definition) is 5. The van der Waals surface area contributed by atoms with Gasteiger partial charge < -0.3 is 14.8 Å². The second kappa shape index (κ2) is 5.65. The van der Waals surface area contributed by atoms with Gasteiger partial charge in [0.15, 0.2) is 0 Å². The van der Waals surface area contributed by atoms with Crippen LogP contribution in [0.1, 0.15) is 19.8 Å². The molecule has 1 atom stereocenters. The highest BCUT2D eigenvalue weighted by Gasteiger charge is 2.15. The first-order chi connectivity index (χ1) is 7.88. The van der Waals surface area contributed by atoms with Crippen LogP contribution in [0.4, 0.5) is 0 Å². The van der Waals surface area contributed by atoms with Crippen molar-refractivity contribution in [2.45, 2.75) is 25.9 Å². The molecule has 0 unspecified atom stereocenters. The van der Waals surface area contributed by atoms with Crippen LogP contribution in [0.3, 0.4) is 0 Å². The van der Waals surface area contributed by atoms with Crippen LogP contribution < -0.4 is 14.8 Å². The normalized spacial score (nSPS) is 20.4. The first kappa shape index (κ1) is 11.1. The highest BCUT2D eigenvalue weighted by Crippen LogP contribution is 2.15. The van der Waals surface area contributed by atoms with Crippen molar-refractivity contribution in [3.05, 3.63) is 12.4 Å². The third-order valence-corrected chi connectivity index (χ3v) is 2.42. The van der Waals surface area contributed by atoms with E-state index in [1.807, 2.05) is 6.92 Å². The Kier molecular flexibility index (Phi) is 3.93. The summed E-state index contributed by atoms with van der Waals surface area (Å²) in [5.74, 6) is 1.06. The van der Waals surface area contributed by atoms with Gasteiger partial charge in [-0.1, -0.05) is 0 Å². The van der Waals surface area contributed by atoms with Gasteiger partial charge in [-0.05, 0) is 26.3 Å². The van der Waals surface area contributed by atoms with Gasteiger partial charge in [0, 0.05) is 6.54 Å². The zero-order chi connectivity index (χ0) is 11.2. The highest BCUT2D eigenvalue weighted by atomic mass is 16.5. The van der Waals surface area contributed by atoms with E-state index in [0.717, 1.165) is 25.9 Å². The zero-order valence-corrected chi connectivity index (χ0v) is 9.48. The van der Waals surface area contributed by atoms with Crippen LogP contribution in [0.15, 0.2) is 12.4 Å². The summed E-state index contributed by atoms with van der Waals surface area (Å²) in [5.41, 5.74) is 0. The lowest BCUT2D eigenvalue weighted by Crippen LogP contribution is -2.37. The summed E-state index contributed by atoms with van der Waals surface area (Å²) >= 11 is 0. The molecule has 2 heterocycles. The van der Waals surface area contributed by atoms with Gasteiger partial charge in [0.25, 0.3) is 0 Å². The maximum atomic E-state index is 5.73. The van der Waals surface area contributed by atoms with Crippen molar-refractivity contribution in [2.75, 3.05) is 19.7 Å². The molecule has 2 rings (SSSR count). The second-order valence-electron chi connectivity index (χ2n) is 3.71. The maximum absolute atomic E-state index is 5.73. The minimum absolute atomic E-state index is 0.194. The van der Waals surface area contributed by atoms with Crippen molar-refractivity contribution >= 4 is 0 Å². The third kappa shape index (κ3) is 3.06. The van der Waals surface area contributed by atoms with Gasteiger partial charge in [-0.2, -0.15) is 4.98 Å². The fourth-order valence-corrected chi connectivity index (χ4v) is 1.70. The quantitative estimate of drug-likeness (QED) is 0.825. The lowest BCUT2D eigenvalue weighted by molar-refractivity contribution is 0.157. The van der Waals surface area contributed by atoms with Crippen LogP contribution in [0.25, 0.3) is 0 Å². The van der Waals surface area contributed by atoms with Crippen LogP contribution in [0.2, 0.25) is 0 Å². The summed E-state index contributed by atoms with van der Waals surface area (Å²) in [6.45, 7) is 4.45. The second-order valence-corrected chi connectivity index (χ2v) is 3.71. The van der Waals surface area contributed by atoms with Crippen molar-refractivity contribution in [2.24, 2.45) is 0 Å². The van der Waals surface area contributed by atoms with Crippen molar-refractivity contribution < 1.29 is 9.47 Å². The van der Waals surface area contributed by atoms with Gasteiger partial charge in [-0.3, -0.25) is 4.98 Å². The van der Waals surface area contributed by atoms with Crippen LogP contribution in [0.5, 0.6) is 11.8 Å². The molecule has 1 aromatic rings. The molecule has 16 heavy (non-hydrogen) atoms. The molecule has 1 N–H and O–H groups in total. The lowest BCUT2D eigenvalue weighted by Gasteiger charge is -2.23. The Bertz CT molecular complexity index is 327. The molecule has 1 fully saturated rings. The molecular weight excluding hydrogens is 206 g/mol. The molecular formula is C11H17N3O2. The minimum atomic E-state index is 0.194. The topological polar surface area (TPSA) is 56.3 Å². The van der Waals surface area contributed by atoms with Crippen molar-refractivity contribution in [3.63, 3.8) is 0 Å². The van der Waals surface area contributed by atoms with Gasteiger partial charge >= 0.3 is 0 Å². The van der Waals surface area contributed by atoms with E-state index in [-0.39, 0.29) is 6.10 Å². The average molecular weight is 223 g/mol. The summed E-state index contributed by atoms with van der Waals surface area (Å²) in [6, 6.07) is 0.